The van der Waals surface area contributed by atoms with Crippen LogP contribution < -0.4 is 16.3 Å². The maximum atomic E-state index is 16.1. The SMILES string of the molecule is Cn1c(=O)n(C2CCC(=O)NC2=O)c2cccc([C@@H]3CCN(CC4CCC(n5cc6cc(C(=O)Nc7cccc(C(F)(F)F)n7)ccc6n5)CC4)C[C@H]3F)c21. The lowest BCUT2D eigenvalue weighted by atomic mass is 9.83. The third kappa shape index (κ3) is 7.14. The van der Waals surface area contributed by atoms with Gasteiger partial charge in [-0.1, -0.05) is 18.2 Å². The fourth-order valence-electron chi connectivity index (χ4n) is 8.66. The van der Waals surface area contributed by atoms with Crippen molar-refractivity contribution in [2.75, 3.05) is 25.0 Å². The van der Waals surface area contributed by atoms with Gasteiger partial charge in [0.2, 0.25) is 11.8 Å². The molecular weight excluding hydrogens is 720 g/mol. The molecule has 1 unspecified atom stereocenters. The summed E-state index contributed by atoms with van der Waals surface area (Å²) in [5.41, 5.74) is 1.46. The maximum absolute atomic E-state index is 16.1. The van der Waals surface area contributed by atoms with Crippen LogP contribution in [0.2, 0.25) is 0 Å². The first-order chi connectivity index (χ1) is 26.3. The number of carbonyl (C=O) groups is 3. The third-order valence-electron chi connectivity index (χ3n) is 11.5. The second kappa shape index (κ2) is 14.4. The number of fused-ring (bicyclic) bond motifs is 2. The molecule has 55 heavy (non-hydrogen) atoms. The zero-order valence-electron chi connectivity index (χ0n) is 30.1. The number of halogens is 4. The zero-order chi connectivity index (χ0) is 38.6. The van der Waals surface area contributed by atoms with Gasteiger partial charge in [0.25, 0.3) is 5.91 Å². The van der Waals surface area contributed by atoms with Crippen LogP contribution in [0, 0.1) is 5.92 Å². The molecular formula is C39H40F4N8O4. The largest absolute Gasteiger partial charge is 0.433 e. The van der Waals surface area contributed by atoms with Crippen LogP contribution in [0.1, 0.15) is 84.6 Å². The fraction of sp³-hybridized carbons (Fsp3) is 0.436. The molecule has 3 fully saturated rings. The van der Waals surface area contributed by atoms with Crippen molar-refractivity contribution < 1.29 is 31.9 Å². The summed E-state index contributed by atoms with van der Waals surface area (Å²) in [6.45, 7) is 1.79. The molecule has 12 nitrogen and oxygen atoms in total. The zero-order valence-corrected chi connectivity index (χ0v) is 30.1. The average molecular weight is 761 g/mol. The quantitative estimate of drug-likeness (QED) is 0.156. The number of aromatic nitrogens is 5. The first-order valence-electron chi connectivity index (χ1n) is 18.6. The van der Waals surface area contributed by atoms with Gasteiger partial charge in [-0.3, -0.25) is 33.5 Å². The van der Waals surface area contributed by atoms with E-state index in [2.05, 4.69) is 20.5 Å². The Balaban J connectivity index is 0.875. The van der Waals surface area contributed by atoms with Crippen LogP contribution in [0.5, 0.6) is 0 Å². The van der Waals surface area contributed by atoms with Crippen LogP contribution >= 0.6 is 0 Å². The van der Waals surface area contributed by atoms with Gasteiger partial charge in [0.1, 0.15) is 23.7 Å². The molecule has 3 amide bonds. The predicted molar refractivity (Wildman–Crippen MR) is 195 cm³/mol. The number of carbonyl (C=O) groups excluding carboxylic acids is 3. The van der Waals surface area contributed by atoms with Gasteiger partial charge >= 0.3 is 11.9 Å². The lowest BCUT2D eigenvalue weighted by Gasteiger charge is -2.38. The highest BCUT2D eigenvalue weighted by Crippen LogP contribution is 2.38. The van der Waals surface area contributed by atoms with Gasteiger partial charge in [-0.15, -0.1) is 0 Å². The number of hydrogen-bond donors (Lipinski definition) is 2. The summed E-state index contributed by atoms with van der Waals surface area (Å²) < 4.78 is 60.1. The number of benzene rings is 2. The van der Waals surface area contributed by atoms with Gasteiger partial charge in [0, 0.05) is 49.6 Å². The Kier molecular flexibility index (Phi) is 9.55. The van der Waals surface area contributed by atoms with E-state index in [1.807, 2.05) is 16.9 Å². The second-order valence-corrected chi connectivity index (χ2v) is 15.0. The molecule has 5 aromatic rings. The monoisotopic (exact) mass is 760 g/mol. The first-order valence-corrected chi connectivity index (χ1v) is 18.6. The van der Waals surface area contributed by atoms with Gasteiger partial charge in [-0.05, 0) is 92.9 Å². The molecule has 1 saturated carbocycles. The van der Waals surface area contributed by atoms with E-state index in [-0.39, 0.29) is 48.4 Å². The Morgan fingerprint density at radius 2 is 1.76 bits per heavy atom. The summed E-state index contributed by atoms with van der Waals surface area (Å²) in [5, 5.41) is 10.3. The molecule has 0 bridgehead atoms. The molecule has 3 atom stereocenters. The highest BCUT2D eigenvalue weighted by atomic mass is 19.4. The molecule has 288 valence electrons. The number of piperidine rings is 2. The number of alkyl halides is 4. The van der Waals surface area contributed by atoms with E-state index < -0.39 is 41.8 Å². The molecule has 3 aromatic heterocycles. The Morgan fingerprint density at radius 1 is 0.982 bits per heavy atom. The van der Waals surface area contributed by atoms with Crippen LogP contribution in [0.15, 0.2) is 65.6 Å². The molecule has 8 rings (SSSR count). The number of imidazole rings is 1. The van der Waals surface area contributed by atoms with Crippen molar-refractivity contribution >= 4 is 45.5 Å². The van der Waals surface area contributed by atoms with E-state index in [1.165, 1.54) is 21.3 Å². The van der Waals surface area contributed by atoms with E-state index in [4.69, 9.17) is 5.10 Å². The molecule has 16 heteroatoms. The standard InChI is InChI=1S/C39H40F4N8O4/c1-48-35-27(4-2-5-30(35)51(38(48)55)31-14-15-34(52)46-37(31)54)26-16-17-49(21-28(26)40)19-22-8-11-25(12-9-22)50-20-24-18-23(10-13-29(24)47-50)36(53)45-33-7-3-6-32(44-33)39(41,42)43/h2-7,10,13,18,20,22,25-26,28,31H,8-9,11-12,14-17,19,21H2,1H3,(H,44,45,53)(H,46,52,54)/t22?,25?,26-,28+,31?/m0/s1. The first kappa shape index (κ1) is 36.6. The van der Waals surface area contributed by atoms with E-state index in [9.17, 15) is 32.3 Å². The number of nitrogens with zero attached hydrogens (tertiary/aromatic N) is 6. The number of para-hydroxylation sites is 1. The highest BCUT2D eigenvalue weighted by molar-refractivity contribution is 6.05. The lowest BCUT2D eigenvalue weighted by Crippen LogP contribution is -2.44. The van der Waals surface area contributed by atoms with Gasteiger partial charge in [-0.25, -0.2) is 14.2 Å². The molecule has 1 aliphatic carbocycles. The summed E-state index contributed by atoms with van der Waals surface area (Å²) in [5.74, 6) is -1.64. The normalized spacial score (nSPS) is 24.0. The topological polar surface area (TPSA) is 136 Å². The van der Waals surface area contributed by atoms with Crippen molar-refractivity contribution in [3.63, 3.8) is 0 Å². The number of amides is 3. The van der Waals surface area contributed by atoms with Gasteiger partial charge < -0.3 is 10.2 Å². The minimum absolute atomic E-state index is 0.145. The smallest absolute Gasteiger partial charge is 0.307 e. The van der Waals surface area contributed by atoms with E-state index in [0.29, 0.717) is 35.4 Å². The average Bonchev–Trinajstić information content (AvgIpc) is 3.70. The lowest BCUT2D eigenvalue weighted by molar-refractivity contribution is -0.141. The van der Waals surface area contributed by atoms with E-state index in [1.54, 1.807) is 37.4 Å². The number of rotatable bonds is 7. The van der Waals surface area contributed by atoms with Gasteiger partial charge in [0.05, 0.1) is 22.6 Å². The molecule has 2 aliphatic heterocycles. The number of hydrogen-bond acceptors (Lipinski definition) is 7. The van der Waals surface area contributed by atoms with Gasteiger partial charge in [0.15, 0.2) is 0 Å². The number of anilines is 1. The molecule has 0 spiro atoms. The minimum Gasteiger partial charge on any atom is -0.307 e. The predicted octanol–water partition coefficient (Wildman–Crippen LogP) is 5.89. The van der Waals surface area contributed by atoms with E-state index >= 15 is 4.39 Å². The number of pyridine rings is 1. The molecule has 5 heterocycles. The maximum Gasteiger partial charge on any atom is 0.433 e. The van der Waals surface area contributed by atoms with Crippen molar-refractivity contribution in [2.45, 2.75) is 75.3 Å². The third-order valence-corrected chi connectivity index (χ3v) is 11.5. The Labute approximate surface area is 312 Å². The minimum atomic E-state index is -4.62. The van der Waals surface area contributed by atoms with Crippen LogP contribution in [-0.4, -0.2) is 72.3 Å². The Morgan fingerprint density at radius 3 is 2.51 bits per heavy atom. The Bertz CT molecular complexity index is 2360. The summed E-state index contributed by atoms with van der Waals surface area (Å²) in [7, 11) is 1.64. The van der Waals surface area contributed by atoms with Crippen molar-refractivity contribution in [2.24, 2.45) is 13.0 Å². The highest BCUT2D eigenvalue weighted by Gasteiger charge is 2.37. The summed E-state index contributed by atoms with van der Waals surface area (Å²) in [4.78, 5) is 56.4. The van der Waals surface area contributed by atoms with Crippen LogP contribution in [0.4, 0.5) is 23.4 Å². The summed E-state index contributed by atoms with van der Waals surface area (Å²) in [6, 6.07) is 13.1. The fourth-order valence-corrected chi connectivity index (χ4v) is 8.66. The van der Waals surface area contributed by atoms with Crippen LogP contribution in [0.3, 0.4) is 0 Å². The molecule has 2 saturated heterocycles. The second-order valence-electron chi connectivity index (χ2n) is 15.0. The number of imide groups is 1. The number of nitrogens with one attached hydrogen (secondary N) is 2. The Hall–Kier alpha value is -5.38. The summed E-state index contributed by atoms with van der Waals surface area (Å²) >= 11 is 0. The molecule has 0 radical (unpaired) electrons. The molecule has 2 N–H and O–H groups in total. The number of aryl methyl sites for hydroxylation is 1. The molecule has 2 aromatic carbocycles. The van der Waals surface area contributed by atoms with Crippen molar-refractivity contribution in [3.05, 3.63) is 88.1 Å². The van der Waals surface area contributed by atoms with Crippen molar-refractivity contribution in [1.29, 1.82) is 0 Å². The van der Waals surface area contributed by atoms with Crippen LogP contribution in [-0.2, 0) is 22.8 Å². The number of likely N-dealkylation sites (tertiary alicyclic amines) is 1. The van der Waals surface area contributed by atoms with Crippen molar-refractivity contribution in [1.82, 2.24) is 34.1 Å². The van der Waals surface area contributed by atoms with E-state index in [0.717, 1.165) is 49.2 Å². The van der Waals surface area contributed by atoms with Crippen molar-refractivity contribution in [3.8, 4) is 0 Å². The van der Waals surface area contributed by atoms with Crippen LogP contribution in [0.25, 0.3) is 21.9 Å². The summed E-state index contributed by atoms with van der Waals surface area (Å²) in [6.07, 6.45) is 0.774. The van der Waals surface area contributed by atoms with Gasteiger partial charge in [-0.2, -0.15) is 18.3 Å². The molecule has 3 aliphatic rings.